The van der Waals surface area contributed by atoms with Crippen molar-refractivity contribution in [2.75, 3.05) is 0 Å². The fraction of sp³-hybridized carbons (Fsp3) is 0.0709. The molecule has 723 valence electrons. The van der Waals surface area contributed by atoms with Crippen molar-refractivity contribution in [1.82, 2.24) is 34.9 Å². The van der Waals surface area contributed by atoms with E-state index in [9.17, 15) is 14.4 Å². The third-order valence-electron chi connectivity index (χ3n) is 22.5. The van der Waals surface area contributed by atoms with Crippen LogP contribution in [0.25, 0.3) is 175 Å². The zero-order chi connectivity index (χ0) is 98.4. The average molecular weight is 2620 g/mol. The van der Waals surface area contributed by atoms with E-state index in [1.54, 1.807) is 11.3 Å². The van der Waals surface area contributed by atoms with E-state index in [1.165, 1.54) is 141 Å². The summed E-state index contributed by atoms with van der Waals surface area (Å²) in [6.07, 6.45) is 14.6. The molecule has 0 spiro atoms. The van der Waals surface area contributed by atoms with Crippen LogP contribution in [0.5, 0.6) is 0 Å². The van der Waals surface area contributed by atoms with Gasteiger partial charge in [-0.25, -0.2) is 11.3 Å². The summed E-state index contributed by atoms with van der Waals surface area (Å²) in [5.41, 5.74) is 20.2. The number of fused-ring (bicyclic) bond motifs is 10. The van der Waals surface area contributed by atoms with Crippen molar-refractivity contribution in [2.45, 2.75) is 60.8 Å². The van der Waals surface area contributed by atoms with Gasteiger partial charge in [0.2, 0.25) is 0 Å². The second-order valence-corrected chi connectivity index (χ2v) is 34.4. The number of carbonyl (C=O) groups is 3. The van der Waals surface area contributed by atoms with Gasteiger partial charge in [-0.2, -0.15) is 0 Å². The standard InChI is InChI=1S/C30H18N2.C24H18N.3C15H10N.C13H8NS.3C5H8O2.4Ir/c1-2-10-22(11-3-1)30-27-16-7-5-12-23(27)20-28(32-30)24-13-8-14-25(19-24)29-26-15-6-4-9-21(26)17-18-31-29;1-24(2)21-10-6-5-9-19(21)20-12-11-17(15-22(20)24)23-18-8-4-3-7-16(18)13-14-25-23;3*1-2-7-13(8-3-1)15-14-9-5-4-6-12(14)10-11-16-15;1-2-7-12-10(5-1)9-13(15-12)11-6-3-4-8-14-11;3*1-4(6)3-5(2)7;;;;/h1-10,12-18,20H;3-10,12-15H,1-2H3;3*1-7,9-11H;1-8H;3*3,6H,1-2H3;;;;/q-2;5*-1;;;;;;;+3. The summed E-state index contributed by atoms with van der Waals surface area (Å²) in [4.78, 5) is 63.2. The Morgan fingerprint density at radius 1 is 0.290 bits per heavy atom. The van der Waals surface area contributed by atoms with E-state index in [2.05, 4.69) is 274 Å². The molecule has 13 nitrogen and oxygen atoms in total. The number of hydrogen-bond donors (Lipinski definition) is 3. The molecule has 0 saturated carbocycles. The summed E-state index contributed by atoms with van der Waals surface area (Å²) < 4.78 is 1.26. The maximum atomic E-state index is 10.0. The van der Waals surface area contributed by atoms with E-state index >= 15 is 0 Å². The topological polar surface area (TPSA) is 202 Å². The molecule has 145 heavy (non-hydrogen) atoms. The Kier molecular flexibility index (Phi) is 41.3. The molecular weight excluding hydrogens is 2520 g/mol. The van der Waals surface area contributed by atoms with Crippen LogP contribution in [0.1, 0.15) is 66.5 Å². The van der Waals surface area contributed by atoms with Crippen LogP contribution >= 0.6 is 11.3 Å². The van der Waals surface area contributed by atoms with E-state index in [4.69, 9.17) is 20.3 Å². The molecule has 3 N–H and O–H groups in total. The predicted octanol–water partition coefficient (Wildman–Crippen LogP) is 31.4. The van der Waals surface area contributed by atoms with Crippen LogP contribution in [0, 0.1) is 42.5 Å². The molecule has 8 heterocycles. The average Bonchev–Trinajstić information content (AvgIpc) is 1.57. The molecule has 0 unspecified atom stereocenters. The van der Waals surface area contributed by atoms with Gasteiger partial charge in [-0.1, -0.05) is 236 Å². The Labute approximate surface area is 904 Å². The Bertz CT molecular complexity index is 7810. The van der Waals surface area contributed by atoms with E-state index < -0.39 is 0 Å². The van der Waals surface area contributed by atoms with E-state index in [0.29, 0.717) is 0 Å². The van der Waals surface area contributed by atoms with Crippen molar-refractivity contribution in [3.63, 3.8) is 0 Å². The summed E-state index contributed by atoms with van der Waals surface area (Å²) in [7, 11) is 0. The molecule has 0 atom stereocenters. The number of hydrogen-bond acceptors (Lipinski definition) is 14. The minimum atomic E-state index is -0.125. The number of benzene rings is 14. The predicted molar refractivity (Wildman–Crippen MR) is 578 cm³/mol. The van der Waals surface area contributed by atoms with Gasteiger partial charge in [-0.05, 0) is 197 Å². The molecule has 1 aliphatic rings. The largest absolute Gasteiger partial charge is 3.00 e. The van der Waals surface area contributed by atoms with Crippen LogP contribution in [0.15, 0.2) is 449 Å². The van der Waals surface area contributed by atoms with Crippen molar-refractivity contribution in [3.05, 3.63) is 502 Å². The summed E-state index contributed by atoms with van der Waals surface area (Å²) in [6.45, 7) is 13.2. The van der Waals surface area contributed by atoms with Crippen molar-refractivity contribution in [2.24, 2.45) is 0 Å². The maximum Gasteiger partial charge on any atom is 3.00 e. The fourth-order valence-corrected chi connectivity index (χ4v) is 17.3. The summed E-state index contributed by atoms with van der Waals surface area (Å²) in [6, 6.07) is 151. The molecule has 14 aromatic carbocycles. The van der Waals surface area contributed by atoms with Gasteiger partial charge in [-0.3, -0.25) is 19.4 Å². The maximum absolute atomic E-state index is 10.0. The number of pyridine rings is 7. The molecule has 0 saturated heterocycles. The van der Waals surface area contributed by atoms with Crippen LogP contribution < -0.4 is 0 Å². The third kappa shape index (κ3) is 29.3. The van der Waals surface area contributed by atoms with Gasteiger partial charge in [0, 0.05) is 127 Å². The van der Waals surface area contributed by atoms with E-state index in [-0.39, 0.29) is 120 Å². The second-order valence-electron chi connectivity index (χ2n) is 33.4. The SMILES string of the molecule is CC(=O)C=C(C)O.CC(=O)C=C(C)O.CC(=O)C=C(C)O.CC1(C)c2ccccc2-c2c[c-]c(-c3nccc4ccccc34)cc21.[Ir+3].[Ir].[Ir].[Ir].[c-]1c(-c2cc3ccccc3c(-c3[c-]cccc3)n2)cccc1-c1nccc2ccccc12.[c-]1c(-c2ccccn2)sc2ccccc12.[c-]1ccccc1-c1nccc2ccccc12.[c-]1ccccc1-c1nccc2ccccc12.[c-]1ccccc1-c1nccc2ccccc12. The first-order valence-electron chi connectivity index (χ1n) is 45.8. The number of aliphatic hydroxyl groups is 3. The minimum absolute atomic E-state index is 0. The first kappa shape index (κ1) is 110. The zero-order valence-electron chi connectivity index (χ0n) is 80.4. The van der Waals surface area contributed by atoms with Crippen LogP contribution in [0.4, 0.5) is 0 Å². The van der Waals surface area contributed by atoms with Crippen LogP contribution in [-0.2, 0) is 100 Å². The molecule has 8 aromatic heterocycles. The van der Waals surface area contributed by atoms with Gasteiger partial charge in [0.25, 0.3) is 0 Å². The normalized spacial score (nSPS) is 11.2. The zero-order valence-corrected chi connectivity index (χ0v) is 90.8. The van der Waals surface area contributed by atoms with Gasteiger partial charge in [0.15, 0.2) is 17.3 Å². The first-order chi connectivity index (χ1) is 68.7. The number of aliphatic hydroxyl groups excluding tert-OH is 3. The molecule has 23 rings (SSSR count). The Morgan fingerprint density at radius 3 is 1.01 bits per heavy atom. The van der Waals surface area contributed by atoms with Crippen molar-refractivity contribution >= 4 is 103 Å². The van der Waals surface area contributed by atoms with Crippen LogP contribution in [0.3, 0.4) is 0 Å². The molecule has 22 aromatic rings. The second kappa shape index (κ2) is 54.4. The van der Waals surface area contributed by atoms with E-state index in [1.807, 2.05) is 225 Å². The Morgan fingerprint density at radius 2 is 0.628 bits per heavy atom. The van der Waals surface area contributed by atoms with Crippen molar-refractivity contribution in [1.29, 1.82) is 0 Å². The summed E-state index contributed by atoms with van der Waals surface area (Å²) in [5, 5.41) is 40.4. The number of allylic oxidation sites excluding steroid dienone is 6. The minimum Gasteiger partial charge on any atom is -0.512 e. The smallest absolute Gasteiger partial charge is 0.512 e. The summed E-state index contributed by atoms with van der Waals surface area (Å²) in [5.74, 6) is -0.187. The summed E-state index contributed by atoms with van der Waals surface area (Å²) >= 11 is 1.73. The molecular formula is C127H98Ir4N7O6S-4. The Hall–Kier alpha value is -15.1. The fourth-order valence-electron chi connectivity index (χ4n) is 16.3. The van der Waals surface area contributed by atoms with Crippen LogP contribution in [0.2, 0.25) is 0 Å². The number of rotatable bonds is 11. The van der Waals surface area contributed by atoms with Gasteiger partial charge in [-0.15, -0.1) is 221 Å². The molecule has 0 fully saturated rings. The third-order valence-corrected chi connectivity index (χ3v) is 23.6. The molecule has 3 radical (unpaired) electrons. The van der Waals surface area contributed by atoms with Crippen LogP contribution in [-0.4, -0.2) is 67.6 Å². The molecule has 0 aliphatic heterocycles. The Balaban J connectivity index is 0.000000161. The first-order valence-corrected chi connectivity index (χ1v) is 46.6. The van der Waals surface area contributed by atoms with Gasteiger partial charge < -0.3 is 45.2 Å². The number of ketones is 3. The molecule has 18 heteroatoms. The van der Waals surface area contributed by atoms with Gasteiger partial charge in [0.05, 0.1) is 17.3 Å². The number of nitrogens with zero attached hydrogens (tertiary/aromatic N) is 7. The van der Waals surface area contributed by atoms with Gasteiger partial charge >= 0.3 is 20.1 Å². The van der Waals surface area contributed by atoms with Crippen molar-refractivity contribution in [3.8, 4) is 100 Å². The molecule has 0 amide bonds. The van der Waals surface area contributed by atoms with E-state index in [0.717, 1.165) is 106 Å². The molecule has 0 bridgehead atoms. The van der Waals surface area contributed by atoms with Gasteiger partial charge in [0.1, 0.15) is 0 Å². The molecule has 1 aliphatic carbocycles. The number of aromatic nitrogens is 7. The van der Waals surface area contributed by atoms with Crippen molar-refractivity contribution < 1.29 is 110 Å². The number of thiophene rings is 1. The number of carbonyl (C=O) groups excluding carboxylic acids is 3. The monoisotopic (exact) mass is 2620 g/mol. The quantitative estimate of drug-likeness (QED) is 0.0628.